The largest absolute Gasteiger partial charge is 0.467 e. The fourth-order valence-electron chi connectivity index (χ4n) is 2.64. The molecule has 1 aromatic carbocycles. The maximum atomic E-state index is 12.9. The van der Waals surface area contributed by atoms with Crippen molar-refractivity contribution < 1.29 is 28.7 Å². The molecule has 1 heterocycles. The molecule has 0 bridgehead atoms. The van der Waals surface area contributed by atoms with E-state index in [4.69, 9.17) is 9.47 Å². The van der Waals surface area contributed by atoms with E-state index in [1.165, 1.54) is 38.3 Å². The van der Waals surface area contributed by atoms with Gasteiger partial charge in [0, 0.05) is 31.0 Å². The average molecular weight is 478 g/mol. The van der Waals surface area contributed by atoms with E-state index in [-0.39, 0.29) is 30.6 Å². The van der Waals surface area contributed by atoms with E-state index < -0.39 is 30.1 Å². The number of hydrogen-bond acceptors (Lipinski definition) is 8. The first-order chi connectivity index (χ1) is 15.9. The van der Waals surface area contributed by atoms with Gasteiger partial charge in [0.05, 0.1) is 19.3 Å². The molecule has 0 fully saturated rings. The smallest absolute Gasteiger partial charge is 0.408 e. The number of nitrogens with zero attached hydrogens (tertiary/aromatic N) is 1. The summed E-state index contributed by atoms with van der Waals surface area (Å²) < 4.78 is 9.98. The number of aromatic amines is 1. The Labute approximate surface area is 195 Å². The van der Waals surface area contributed by atoms with Crippen LogP contribution < -0.4 is 16.0 Å². The molecule has 2 aromatic rings. The third-order valence-electron chi connectivity index (χ3n) is 4.31. The van der Waals surface area contributed by atoms with Crippen molar-refractivity contribution in [1.82, 2.24) is 25.9 Å². The number of nitrogens with one attached hydrogen (secondary N) is 4. The first kappa shape index (κ1) is 25.7. The monoisotopic (exact) mass is 477 g/mol. The maximum absolute atomic E-state index is 12.9. The number of amides is 3. The fraction of sp³-hybridized carbons (Fsp3) is 0.381. The number of alkyl carbamates (subject to hydrolysis) is 1. The molecule has 11 nitrogen and oxygen atoms in total. The molecule has 178 valence electrons. The molecule has 0 aliphatic carbocycles. The molecule has 0 radical (unpaired) electrons. The van der Waals surface area contributed by atoms with Crippen molar-refractivity contribution in [3.63, 3.8) is 0 Å². The average Bonchev–Trinajstić information content (AvgIpc) is 3.32. The zero-order valence-electron chi connectivity index (χ0n) is 18.3. The van der Waals surface area contributed by atoms with E-state index in [2.05, 4.69) is 25.9 Å². The number of carbonyl (C=O) groups excluding carboxylic acids is 4. The Morgan fingerprint density at radius 1 is 1.12 bits per heavy atom. The zero-order valence-corrected chi connectivity index (χ0v) is 19.1. The number of imidazole rings is 1. The van der Waals surface area contributed by atoms with Crippen molar-refractivity contribution in [2.45, 2.75) is 32.0 Å². The summed E-state index contributed by atoms with van der Waals surface area (Å²) in [6.07, 6.45) is 2.32. The molecule has 0 aliphatic rings. The predicted octanol–water partition coefficient (Wildman–Crippen LogP) is 0.732. The summed E-state index contributed by atoms with van der Waals surface area (Å²) in [6, 6.07) is 7.07. The standard InChI is InChI=1S/C21H27N5O6S/c1-14(27)24-13-33-11-18(26-21(30)32-10-15-6-4-3-5-7-15)19(28)25-17(20(29)31-2)8-16-9-22-12-23-16/h3-7,9,12,17-18H,8,10-11,13H2,1-2H3,(H,22,23)(H,24,27)(H,25,28)(H,26,30)/t17-,18+/m0/s1. The number of carbonyl (C=O) groups is 4. The van der Waals surface area contributed by atoms with E-state index in [1.807, 2.05) is 18.2 Å². The number of rotatable bonds is 12. The van der Waals surface area contributed by atoms with Crippen LogP contribution in [-0.4, -0.2) is 64.7 Å². The van der Waals surface area contributed by atoms with Gasteiger partial charge in [-0.25, -0.2) is 14.6 Å². The Bertz CT molecular complexity index is 909. The molecule has 2 rings (SSSR count). The van der Waals surface area contributed by atoms with Gasteiger partial charge in [0.15, 0.2) is 0 Å². The first-order valence-electron chi connectivity index (χ1n) is 10.0. The predicted molar refractivity (Wildman–Crippen MR) is 121 cm³/mol. The Balaban J connectivity index is 2.00. The number of benzene rings is 1. The van der Waals surface area contributed by atoms with Crippen LogP contribution in [0.2, 0.25) is 0 Å². The van der Waals surface area contributed by atoms with Gasteiger partial charge >= 0.3 is 12.1 Å². The molecule has 0 saturated carbocycles. The lowest BCUT2D eigenvalue weighted by molar-refractivity contribution is -0.145. The molecule has 0 unspecified atom stereocenters. The Kier molecular flexibility index (Phi) is 10.7. The SMILES string of the molecule is COC(=O)[C@H](Cc1cnc[nH]1)NC(=O)[C@@H](CSCNC(C)=O)NC(=O)OCc1ccccc1. The van der Waals surface area contributed by atoms with Gasteiger partial charge in [0.2, 0.25) is 11.8 Å². The zero-order chi connectivity index (χ0) is 24.1. The van der Waals surface area contributed by atoms with Crippen LogP contribution in [0.15, 0.2) is 42.9 Å². The summed E-state index contributed by atoms with van der Waals surface area (Å²) in [4.78, 5) is 55.2. The van der Waals surface area contributed by atoms with Gasteiger partial charge in [-0.15, -0.1) is 11.8 Å². The maximum Gasteiger partial charge on any atom is 0.408 e. The van der Waals surface area contributed by atoms with Crippen LogP contribution in [0.25, 0.3) is 0 Å². The number of esters is 1. The van der Waals surface area contributed by atoms with Crippen LogP contribution in [-0.2, 0) is 36.9 Å². The molecular formula is C21H27N5O6S. The minimum atomic E-state index is -1.03. The minimum Gasteiger partial charge on any atom is -0.467 e. The highest BCUT2D eigenvalue weighted by Gasteiger charge is 2.28. The van der Waals surface area contributed by atoms with E-state index in [9.17, 15) is 19.2 Å². The number of aromatic nitrogens is 2. The highest BCUT2D eigenvalue weighted by atomic mass is 32.2. The van der Waals surface area contributed by atoms with Gasteiger partial charge in [0.25, 0.3) is 0 Å². The molecule has 0 aliphatic heterocycles. The van der Waals surface area contributed by atoms with Crippen LogP contribution in [0.3, 0.4) is 0 Å². The fourth-order valence-corrected chi connectivity index (χ4v) is 3.54. The van der Waals surface area contributed by atoms with Crippen molar-refractivity contribution in [2.24, 2.45) is 0 Å². The third-order valence-corrected chi connectivity index (χ3v) is 5.23. The van der Waals surface area contributed by atoms with Crippen LogP contribution in [0.4, 0.5) is 4.79 Å². The van der Waals surface area contributed by atoms with Gasteiger partial charge in [-0.1, -0.05) is 30.3 Å². The quantitative estimate of drug-likeness (QED) is 0.198. The number of hydrogen-bond donors (Lipinski definition) is 4. The van der Waals surface area contributed by atoms with Gasteiger partial charge < -0.3 is 30.4 Å². The van der Waals surface area contributed by atoms with Gasteiger partial charge in [-0.2, -0.15) is 0 Å². The number of H-pyrrole nitrogens is 1. The van der Waals surface area contributed by atoms with Crippen molar-refractivity contribution in [2.75, 3.05) is 18.7 Å². The molecule has 12 heteroatoms. The number of ether oxygens (including phenoxy) is 2. The van der Waals surface area contributed by atoms with Gasteiger partial charge in [0.1, 0.15) is 18.7 Å². The second-order valence-electron chi connectivity index (χ2n) is 6.87. The summed E-state index contributed by atoms with van der Waals surface area (Å²) in [5.41, 5.74) is 1.41. The third kappa shape index (κ3) is 9.64. The van der Waals surface area contributed by atoms with E-state index in [0.29, 0.717) is 5.69 Å². The van der Waals surface area contributed by atoms with Gasteiger partial charge in [-0.05, 0) is 5.56 Å². The second-order valence-corrected chi connectivity index (χ2v) is 7.90. The summed E-state index contributed by atoms with van der Waals surface area (Å²) in [5.74, 6) is -1.09. The molecule has 33 heavy (non-hydrogen) atoms. The van der Waals surface area contributed by atoms with Crippen LogP contribution in [0, 0.1) is 0 Å². The molecule has 1 aromatic heterocycles. The molecule has 4 N–H and O–H groups in total. The second kappa shape index (κ2) is 13.8. The van der Waals surface area contributed by atoms with Crippen LogP contribution in [0.5, 0.6) is 0 Å². The Morgan fingerprint density at radius 3 is 2.52 bits per heavy atom. The van der Waals surface area contributed by atoms with Crippen LogP contribution in [0.1, 0.15) is 18.2 Å². The lowest BCUT2D eigenvalue weighted by atomic mass is 10.1. The first-order valence-corrected chi connectivity index (χ1v) is 11.2. The molecule has 0 spiro atoms. The number of methoxy groups -OCH3 is 1. The highest BCUT2D eigenvalue weighted by Crippen LogP contribution is 2.06. The highest BCUT2D eigenvalue weighted by molar-refractivity contribution is 7.99. The Morgan fingerprint density at radius 2 is 1.88 bits per heavy atom. The number of thioether (sulfide) groups is 1. The lowest BCUT2D eigenvalue weighted by Gasteiger charge is -2.22. The summed E-state index contributed by atoms with van der Waals surface area (Å²) in [6.45, 7) is 1.41. The summed E-state index contributed by atoms with van der Waals surface area (Å²) in [7, 11) is 1.22. The van der Waals surface area contributed by atoms with Crippen molar-refractivity contribution in [3.8, 4) is 0 Å². The van der Waals surface area contributed by atoms with E-state index >= 15 is 0 Å². The van der Waals surface area contributed by atoms with E-state index in [0.717, 1.165) is 5.56 Å². The molecule has 0 saturated heterocycles. The topological polar surface area (TPSA) is 152 Å². The van der Waals surface area contributed by atoms with Crippen molar-refractivity contribution >= 4 is 35.6 Å². The van der Waals surface area contributed by atoms with E-state index in [1.54, 1.807) is 12.1 Å². The van der Waals surface area contributed by atoms with Gasteiger partial charge in [-0.3, -0.25) is 9.59 Å². The normalized spacial score (nSPS) is 12.2. The summed E-state index contributed by atoms with van der Waals surface area (Å²) in [5, 5.41) is 7.72. The molecule has 2 atom stereocenters. The van der Waals surface area contributed by atoms with Crippen molar-refractivity contribution in [1.29, 1.82) is 0 Å². The Hall–Kier alpha value is -3.54. The minimum absolute atomic E-state index is 0.0324. The lowest BCUT2D eigenvalue weighted by Crippen LogP contribution is -2.53. The van der Waals surface area contributed by atoms with Crippen LogP contribution >= 0.6 is 11.8 Å². The molecular weight excluding hydrogens is 450 g/mol. The summed E-state index contributed by atoms with van der Waals surface area (Å²) >= 11 is 1.23. The molecule has 3 amide bonds. The van der Waals surface area contributed by atoms with Crippen molar-refractivity contribution in [3.05, 3.63) is 54.1 Å².